The minimum atomic E-state index is -4.64. The van der Waals surface area contributed by atoms with E-state index in [4.69, 9.17) is 0 Å². The van der Waals surface area contributed by atoms with Crippen molar-refractivity contribution in [2.75, 3.05) is 26.2 Å². The fraction of sp³-hybridized carbons (Fsp3) is 0.421. The van der Waals surface area contributed by atoms with Gasteiger partial charge >= 0.3 is 6.18 Å². The minimum absolute atomic E-state index is 0.00789. The maximum atomic E-state index is 13.6. The van der Waals surface area contributed by atoms with Crippen LogP contribution in [0.25, 0.3) is 5.65 Å². The number of rotatable bonds is 4. The molecule has 0 aromatic carbocycles. The monoisotopic (exact) mass is 485 g/mol. The van der Waals surface area contributed by atoms with Crippen LogP contribution in [0.15, 0.2) is 33.9 Å². The number of hydrogen-bond donors (Lipinski definition) is 0. The van der Waals surface area contributed by atoms with Gasteiger partial charge in [0.25, 0.3) is 15.9 Å². The molecule has 13 heteroatoms. The Hall–Kier alpha value is -2.51. The molecule has 0 unspecified atom stereocenters. The van der Waals surface area contributed by atoms with Crippen molar-refractivity contribution in [1.82, 2.24) is 23.8 Å². The molecule has 0 spiro atoms. The van der Waals surface area contributed by atoms with Gasteiger partial charge in [-0.1, -0.05) is 6.07 Å². The zero-order valence-corrected chi connectivity index (χ0v) is 18.3. The predicted molar refractivity (Wildman–Crippen MR) is 109 cm³/mol. The van der Waals surface area contributed by atoms with Gasteiger partial charge in [0.2, 0.25) is 0 Å². The standard InChI is InChI=1S/C19H18F3N5O3S2/c20-19(21,22)15-10-13(12-3-4-12)23-16-11-14(24-27(15)16)18(28)25-5-7-26(8-6-25)32(29,30)17-2-1-9-31-17/h1-2,9-12H,3-8H2. The number of thiophene rings is 1. The Balaban J connectivity index is 1.38. The van der Waals surface area contributed by atoms with Gasteiger partial charge in [0.1, 0.15) is 9.90 Å². The first-order valence-electron chi connectivity index (χ1n) is 9.95. The highest BCUT2D eigenvalue weighted by atomic mass is 32.2. The third-order valence-corrected chi connectivity index (χ3v) is 8.84. The van der Waals surface area contributed by atoms with Crippen molar-refractivity contribution < 1.29 is 26.4 Å². The Morgan fingerprint density at radius 2 is 1.84 bits per heavy atom. The zero-order valence-electron chi connectivity index (χ0n) is 16.6. The normalized spacial score (nSPS) is 18.4. The summed E-state index contributed by atoms with van der Waals surface area (Å²) in [4.78, 5) is 18.6. The van der Waals surface area contributed by atoms with Gasteiger partial charge in [-0.2, -0.15) is 22.6 Å². The van der Waals surface area contributed by atoms with Crippen molar-refractivity contribution >= 4 is 32.9 Å². The molecule has 2 fully saturated rings. The summed E-state index contributed by atoms with van der Waals surface area (Å²) in [6.07, 6.45) is -3.06. The third kappa shape index (κ3) is 3.77. The molecule has 0 radical (unpaired) electrons. The summed E-state index contributed by atoms with van der Waals surface area (Å²) in [7, 11) is -3.62. The highest BCUT2D eigenvalue weighted by Gasteiger charge is 2.38. The van der Waals surface area contributed by atoms with Gasteiger partial charge < -0.3 is 4.90 Å². The van der Waals surface area contributed by atoms with Crippen LogP contribution in [0.5, 0.6) is 0 Å². The third-order valence-electron chi connectivity index (χ3n) is 5.57. The Kier molecular flexibility index (Phi) is 5.02. The Labute approximate surface area is 185 Å². The van der Waals surface area contributed by atoms with E-state index in [-0.39, 0.29) is 47.6 Å². The lowest BCUT2D eigenvalue weighted by atomic mass is 10.2. The summed E-state index contributed by atoms with van der Waals surface area (Å²) < 4.78 is 68.2. The lowest BCUT2D eigenvalue weighted by Gasteiger charge is -2.33. The highest BCUT2D eigenvalue weighted by molar-refractivity contribution is 7.91. The molecule has 4 heterocycles. The average molecular weight is 486 g/mol. The van der Waals surface area contributed by atoms with Crippen molar-refractivity contribution in [2.24, 2.45) is 0 Å². The first-order chi connectivity index (χ1) is 15.1. The number of carbonyl (C=O) groups excluding carboxylic acids is 1. The molecule has 3 aromatic rings. The SMILES string of the molecule is O=C(c1cc2nc(C3CC3)cc(C(F)(F)F)n2n1)N1CCN(S(=O)(=O)c2cccs2)CC1. The molecule has 1 amide bonds. The van der Waals surface area contributed by atoms with E-state index in [0.29, 0.717) is 10.2 Å². The fourth-order valence-electron chi connectivity index (χ4n) is 3.72. The van der Waals surface area contributed by atoms with Gasteiger partial charge in [0.15, 0.2) is 11.3 Å². The van der Waals surface area contributed by atoms with Crippen LogP contribution < -0.4 is 0 Å². The summed E-state index contributed by atoms with van der Waals surface area (Å²) in [5.41, 5.74) is -0.777. The quantitative estimate of drug-likeness (QED) is 0.567. The fourth-order valence-corrected chi connectivity index (χ4v) is 6.29. The van der Waals surface area contributed by atoms with E-state index < -0.39 is 27.8 Å². The Bertz CT molecular complexity index is 1280. The van der Waals surface area contributed by atoms with Gasteiger partial charge in [0, 0.05) is 43.9 Å². The van der Waals surface area contributed by atoms with Gasteiger partial charge in [-0.3, -0.25) is 4.79 Å². The molecule has 0 atom stereocenters. The van der Waals surface area contributed by atoms with E-state index in [0.717, 1.165) is 30.2 Å². The Morgan fingerprint density at radius 1 is 1.12 bits per heavy atom. The molecule has 0 bridgehead atoms. The van der Waals surface area contributed by atoms with Crippen molar-refractivity contribution in [3.05, 3.63) is 46.7 Å². The van der Waals surface area contributed by atoms with Crippen molar-refractivity contribution in [3.63, 3.8) is 0 Å². The van der Waals surface area contributed by atoms with Crippen LogP contribution in [0, 0.1) is 0 Å². The molecule has 8 nitrogen and oxygen atoms in total. The molecular weight excluding hydrogens is 467 g/mol. The first kappa shape index (κ1) is 21.3. The van der Waals surface area contributed by atoms with E-state index in [9.17, 15) is 26.4 Å². The van der Waals surface area contributed by atoms with E-state index in [1.165, 1.54) is 21.3 Å². The van der Waals surface area contributed by atoms with Crippen LogP contribution in [-0.4, -0.2) is 64.3 Å². The number of hydrogen-bond acceptors (Lipinski definition) is 6. The largest absolute Gasteiger partial charge is 0.433 e. The van der Waals surface area contributed by atoms with Crippen LogP contribution in [0.2, 0.25) is 0 Å². The Morgan fingerprint density at radius 3 is 2.44 bits per heavy atom. The smallest absolute Gasteiger partial charge is 0.335 e. The molecule has 5 rings (SSSR count). The molecule has 2 aliphatic rings. The number of fused-ring (bicyclic) bond motifs is 1. The molecule has 1 saturated heterocycles. The lowest BCUT2D eigenvalue weighted by molar-refractivity contribution is -0.142. The van der Waals surface area contributed by atoms with Crippen LogP contribution in [0.1, 0.15) is 40.6 Å². The molecular formula is C19H18F3N5O3S2. The molecule has 32 heavy (non-hydrogen) atoms. The summed E-state index contributed by atoms with van der Waals surface area (Å²) in [6.45, 7) is 0.419. The van der Waals surface area contributed by atoms with Gasteiger partial charge in [0.05, 0.1) is 0 Å². The molecule has 0 N–H and O–H groups in total. The van der Waals surface area contributed by atoms with Crippen molar-refractivity contribution in [2.45, 2.75) is 29.1 Å². The van der Waals surface area contributed by atoms with Crippen LogP contribution >= 0.6 is 11.3 Å². The maximum Gasteiger partial charge on any atom is 0.433 e. The topological polar surface area (TPSA) is 87.9 Å². The number of sulfonamides is 1. The summed E-state index contributed by atoms with van der Waals surface area (Å²) in [5.74, 6) is -0.543. The molecule has 1 aliphatic heterocycles. The van der Waals surface area contributed by atoms with Crippen LogP contribution in [0.4, 0.5) is 13.2 Å². The molecule has 170 valence electrons. The molecule has 3 aromatic heterocycles. The lowest BCUT2D eigenvalue weighted by Crippen LogP contribution is -2.50. The first-order valence-corrected chi connectivity index (χ1v) is 12.3. The van der Waals surface area contributed by atoms with Crippen LogP contribution in [-0.2, 0) is 16.2 Å². The summed E-state index contributed by atoms with van der Waals surface area (Å²) >= 11 is 1.12. The van der Waals surface area contributed by atoms with Crippen molar-refractivity contribution in [1.29, 1.82) is 0 Å². The van der Waals surface area contributed by atoms with E-state index >= 15 is 0 Å². The highest BCUT2D eigenvalue weighted by Crippen LogP contribution is 2.41. The van der Waals surface area contributed by atoms with E-state index in [1.807, 2.05) is 0 Å². The van der Waals surface area contributed by atoms with Gasteiger partial charge in [-0.15, -0.1) is 11.3 Å². The van der Waals surface area contributed by atoms with Crippen molar-refractivity contribution in [3.8, 4) is 0 Å². The number of alkyl halides is 3. The second-order valence-corrected chi connectivity index (χ2v) is 10.9. The molecule has 1 saturated carbocycles. The van der Waals surface area contributed by atoms with Crippen LogP contribution in [0.3, 0.4) is 0 Å². The second kappa shape index (κ2) is 7.52. The van der Waals surface area contributed by atoms with Gasteiger partial charge in [-0.05, 0) is 30.4 Å². The van der Waals surface area contributed by atoms with Gasteiger partial charge in [-0.25, -0.2) is 17.9 Å². The summed E-state index contributed by atoms with van der Waals surface area (Å²) in [6, 6.07) is 5.44. The number of halogens is 3. The number of amides is 1. The second-order valence-electron chi connectivity index (χ2n) is 7.77. The molecule has 1 aliphatic carbocycles. The van der Waals surface area contributed by atoms with E-state index in [2.05, 4.69) is 10.1 Å². The van der Waals surface area contributed by atoms with E-state index in [1.54, 1.807) is 11.4 Å². The number of nitrogens with zero attached hydrogens (tertiary/aromatic N) is 5. The number of piperazine rings is 1. The minimum Gasteiger partial charge on any atom is -0.335 e. The predicted octanol–water partition coefficient (Wildman–Crippen LogP) is 2.83. The number of aromatic nitrogens is 3. The average Bonchev–Trinajstić information content (AvgIpc) is 3.27. The summed E-state index contributed by atoms with van der Waals surface area (Å²) in [5, 5.41) is 5.57. The maximum absolute atomic E-state index is 13.6. The number of carbonyl (C=O) groups is 1. The zero-order chi connectivity index (χ0) is 22.7.